The summed E-state index contributed by atoms with van der Waals surface area (Å²) < 4.78 is 5.61. The molecule has 2 fully saturated rings. The number of pyridine rings is 2. The van der Waals surface area contributed by atoms with Crippen LogP contribution in [0.25, 0.3) is 21.8 Å². The number of hydrogen-bond acceptors (Lipinski definition) is 14. The van der Waals surface area contributed by atoms with Gasteiger partial charge in [0, 0.05) is 147 Å². The second-order valence-electron chi connectivity index (χ2n) is 14.5. The van der Waals surface area contributed by atoms with Gasteiger partial charge in [0.25, 0.3) is 0 Å². The van der Waals surface area contributed by atoms with Crippen LogP contribution in [-0.2, 0) is 11.2 Å². The second kappa shape index (κ2) is 19.0. The fourth-order valence-electron chi connectivity index (χ4n) is 7.30. The standard InChI is InChI=1S/C42H49Cl2N13O/c1-29-25-39(50-15-14-48-36-8-13-47-38-27-31(44)4-6-34(36)38)53-41(51-29)56-19-17-55(18-20-56)16-9-32-28-40(54-42(52-32)57-21-23-58-24-22-57)49-11-2-10-45-35-7-12-46-37-26-30(43)3-5-33(35)37/h3-8,12-13,25-28H,2,9-11,14-24H2,1H3,(H,45,46)(H,47,48)(H,49,52,54)(H,50,51,53). The van der Waals surface area contributed by atoms with E-state index >= 15 is 0 Å². The molecule has 0 amide bonds. The molecule has 14 nitrogen and oxygen atoms in total. The third-order valence-corrected chi connectivity index (χ3v) is 10.8. The molecule has 0 unspecified atom stereocenters. The Morgan fingerprint density at radius 1 is 0.603 bits per heavy atom. The highest BCUT2D eigenvalue weighted by atomic mass is 35.5. The van der Waals surface area contributed by atoms with E-state index in [1.54, 1.807) is 6.20 Å². The van der Waals surface area contributed by atoms with Crippen LogP contribution in [0.1, 0.15) is 17.8 Å². The summed E-state index contributed by atoms with van der Waals surface area (Å²) in [6, 6.07) is 19.7. The smallest absolute Gasteiger partial charge is 0.227 e. The molecular formula is C42H49Cl2N13O. The third-order valence-electron chi connectivity index (χ3n) is 10.4. The topological polar surface area (TPSA) is 144 Å². The van der Waals surface area contributed by atoms with Crippen LogP contribution in [-0.4, -0.2) is 120 Å². The van der Waals surface area contributed by atoms with E-state index in [-0.39, 0.29) is 0 Å². The number of nitrogens with one attached hydrogen (secondary N) is 4. The summed E-state index contributed by atoms with van der Waals surface area (Å²) in [6.07, 6.45) is 5.36. The van der Waals surface area contributed by atoms with Crippen LogP contribution in [0, 0.1) is 6.92 Å². The van der Waals surface area contributed by atoms with Gasteiger partial charge in [-0.3, -0.25) is 14.9 Å². The van der Waals surface area contributed by atoms with E-state index in [2.05, 4.69) is 52.0 Å². The Bertz CT molecular complexity index is 2320. The Morgan fingerprint density at radius 2 is 1.17 bits per heavy atom. The van der Waals surface area contributed by atoms with Gasteiger partial charge in [-0.05, 0) is 61.9 Å². The Hall–Kier alpha value is -5.28. The minimum Gasteiger partial charge on any atom is -0.384 e. The Balaban J connectivity index is 0.817. The van der Waals surface area contributed by atoms with E-state index in [4.69, 9.17) is 47.9 Å². The molecule has 0 spiro atoms. The Labute approximate surface area is 348 Å². The number of aryl methyl sites for hydroxylation is 1. The molecule has 4 aromatic heterocycles. The minimum absolute atomic E-state index is 0.679. The van der Waals surface area contributed by atoms with Gasteiger partial charge in [-0.1, -0.05) is 23.2 Å². The lowest BCUT2D eigenvalue weighted by Crippen LogP contribution is -2.47. The third kappa shape index (κ3) is 10.2. The highest BCUT2D eigenvalue weighted by molar-refractivity contribution is 6.31. The van der Waals surface area contributed by atoms with Crippen molar-refractivity contribution in [3.63, 3.8) is 0 Å². The summed E-state index contributed by atoms with van der Waals surface area (Å²) in [5, 5.41) is 17.6. The summed E-state index contributed by atoms with van der Waals surface area (Å²) in [5.74, 6) is 3.21. The van der Waals surface area contributed by atoms with Crippen LogP contribution in [0.4, 0.5) is 34.9 Å². The predicted octanol–water partition coefficient (Wildman–Crippen LogP) is 6.62. The van der Waals surface area contributed by atoms with Crippen LogP contribution >= 0.6 is 23.2 Å². The van der Waals surface area contributed by atoms with Crippen molar-refractivity contribution in [3.8, 4) is 0 Å². The van der Waals surface area contributed by atoms with Crippen LogP contribution in [0.2, 0.25) is 10.0 Å². The second-order valence-corrected chi connectivity index (χ2v) is 15.4. The first kappa shape index (κ1) is 39.5. The monoisotopic (exact) mass is 821 g/mol. The van der Waals surface area contributed by atoms with Crippen molar-refractivity contribution in [2.75, 3.05) is 116 Å². The SMILES string of the molecule is Cc1cc(NCCNc2ccnc3cc(Cl)ccc23)nc(N2CCN(CCc3cc(NCCCNc4ccnc5cc(Cl)ccc45)nc(N4CCOCC4)n3)CC2)n1. The number of morpholine rings is 1. The average molecular weight is 823 g/mol. The van der Waals surface area contributed by atoms with Crippen molar-refractivity contribution in [1.82, 2.24) is 34.8 Å². The van der Waals surface area contributed by atoms with Gasteiger partial charge in [0.1, 0.15) is 11.6 Å². The van der Waals surface area contributed by atoms with Crippen LogP contribution in [0.5, 0.6) is 0 Å². The van der Waals surface area contributed by atoms with Gasteiger partial charge >= 0.3 is 0 Å². The highest BCUT2D eigenvalue weighted by Gasteiger charge is 2.21. The summed E-state index contributed by atoms with van der Waals surface area (Å²) in [6.45, 7) is 12.4. The first-order valence-corrected chi connectivity index (χ1v) is 20.8. The van der Waals surface area contributed by atoms with Gasteiger partial charge in [0.15, 0.2) is 0 Å². The van der Waals surface area contributed by atoms with Gasteiger partial charge in [0.2, 0.25) is 11.9 Å². The number of halogens is 2. The summed E-state index contributed by atoms with van der Waals surface area (Å²) in [7, 11) is 0. The molecule has 0 saturated carbocycles. The number of aromatic nitrogens is 6. The quantitative estimate of drug-likeness (QED) is 0.0777. The van der Waals surface area contributed by atoms with Crippen molar-refractivity contribution in [2.24, 2.45) is 0 Å². The van der Waals surface area contributed by atoms with Crippen LogP contribution in [0.15, 0.2) is 73.1 Å². The minimum atomic E-state index is 0.679. The zero-order chi connectivity index (χ0) is 39.7. The van der Waals surface area contributed by atoms with Crippen LogP contribution < -0.4 is 31.1 Å². The molecule has 8 rings (SSSR count). The van der Waals surface area contributed by atoms with Crippen molar-refractivity contribution < 1.29 is 4.74 Å². The maximum absolute atomic E-state index is 6.18. The number of ether oxygens (including phenoxy) is 1. The number of nitrogens with zero attached hydrogens (tertiary/aromatic N) is 9. The molecule has 2 aliphatic heterocycles. The molecule has 58 heavy (non-hydrogen) atoms. The molecular weight excluding hydrogens is 773 g/mol. The molecule has 2 aromatic carbocycles. The zero-order valence-corrected chi connectivity index (χ0v) is 34.2. The molecule has 6 aromatic rings. The number of hydrogen-bond donors (Lipinski definition) is 4. The predicted molar refractivity (Wildman–Crippen MR) is 236 cm³/mol. The lowest BCUT2D eigenvalue weighted by molar-refractivity contribution is 0.122. The van der Waals surface area contributed by atoms with Gasteiger partial charge in [0.05, 0.1) is 24.2 Å². The van der Waals surface area contributed by atoms with E-state index in [0.717, 1.165) is 146 Å². The average Bonchev–Trinajstić information content (AvgIpc) is 3.24. The molecule has 0 atom stereocenters. The largest absolute Gasteiger partial charge is 0.384 e. The van der Waals surface area contributed by atoms with Crippen molar-refractivity contribution in [2.45, 2.75) is 19.8 Å². The van der Waals surface area contributed by atoms with Gasteiger partial charge in [-0.15, -0.1) is 0 Å². The van der Waals surface area contributed by atoms with Crippen molar-refractivity contribution in [1.29, 1.82) is 0 Å². The Kier molecular flexibility index (Phi) is 12.9. The van der Waals surface area contributed by atoms with Gasteiger partial charge < -0.3 is 35.8 Å². The summed E-state index contributed by atoms with van der Waals surface area (Å²) in [4.78, 5) is 35.5. The molecule has 16 heteroatoms. The van der Waals surface area contributed by atoms with E-state index in [1.807, 2.05) is 67.7 Å². The number of benzene rings is 2. The fraction of sp³-hybridized carbons (Fsp3) is 0.381. The lowest BCUT2D eigenvalue weighted by atomic mass is 10.2. The molecule has 2 aliphatic rings. The van der Waals surface area contributed by atoms with Crippen molar-refractivity contribution in [3.05, 3.63) is 94.5 Å². The van der Waals surface area contributed by atoms with Gasteiger partial charge in [-0.2, -0.15) is 9.97 Å². The number of fused-ring (bicyclic) bond motifs is 2. The summed E-state index contributed by atoms with van der Waals surface area (Å²) >= 11 is 12.3. The first-order chi connectivity index (χ1) is 28.4. The number of anilines is 6. The molecule has 4 N–H and O–H groups in total. The lowest BCUT2D eigenvalue weighted by Gasteiger charge is -2.35. The fourth-order valence-corrected chi connectivity index (χ4v) is 7.64. The summed E-state index contributed by atoms with van der Waals surface area (Å²) in [5.41, 5.74) is 5.81. The number of rotatable bonds is 16. The normalized spacial score (nSPS) is 14.9. The van der Waals surface area contributed by atoms with E-state index in [1.165, 1.54) is 0 Å². The molecule has 0 bridgehead atoms. The first-order valence-electron chi connectivity index (χ1n) is 20.0. The highest BCUT2D eigenvalue weighted by Crippen LogP contribution is 2.26. The van der Waals surface area contributed by atoms with E-state index in [9.17, 15) is 0 Å². The zero-order valence-electron chi connectivity index (χ0n) is 32.7. The molecule has 6 heterocycles. The van der Waals surface area contributed by atoms with E-state index in [0.29, 0.717) is 29.8 Å². The maximum atomic E-state index is 6.18. The van der Waals surface area contributed by atoms with Gasteiger partial charge in [-0.25, -0.2) is 9.97 Å². The van der Waals surface area contributed by atoms with Crippen molar-refractivity contribution >= 4 is 79.9 Å². The molecule has 302 valence electrons. The molecule has 0 aliphatic carbocycles. The van der Waals surface area contributed by atoms with E-state index < -0.39 is 0 Å². The number of piperazine rings is 1. The van der Waals surface area contributed by atoms with Crippen LogP contribution in [0.3, 0.4) is 0 Å². The molecule has 0 radical (unpaired) electrons. The molecule has 2 saturated heterocycles. The Morgan fingerprint density at radius 3 is 1.86 bits per heavy atom. The maximum Gasteiger partial charge on any atom is 0.227 e.